The van der Waals surface area contributed by atoms with Crippen LogP contribution < -0.4 is 0 Å². The number of halogens is 1. The van der Waals surface area contributed by atoms with Crippen molar-refractivity contribution in [2.45, 2.75) is 63.3 Å². The number of nitrogens with zero attached hydrogens (tertiary/aromatic N) is 1. The average Bonchev–Trinajstić information content (AvgIpc) is 2.13. The lowest BCUT2D eigenvalue weighted by Gasteiger charge is -2.54. The van der Waals surface area contributed by atoms with E-state index in [0.29, 0.717) is 6.42 Å². The zero-order valence-corrected chi connectivity index (χ0v) is 9.58. The summed E-state index contributed by atoms with van der Waals surface area (Å²) in [6.07, 6.45) is 5.26. The van der Waals surface area contributed by atoms with Gasteiger partial charge in [0.15, 0.2) is 0 Å². The number of aliphatic hydroxyl groups is 1. The summed E-state index contributed by atoms with van der Waals surface area (Å²) in [5.74, 6) is 0. The fourth-order valence-electron chi connectivity index (χ4n) is 3.00. The summed E-state index contributed by atoms with van der Waals surface area (Å²) in [5.41, 5.74) is 0.243. The van der Waals surface area contributed by atoms with Crippen LogP contribution in [0, 0.1) is 0 Å². The van der Waals surface area contributed by atoms with Crippen LogP contribution in [0.2, 0.25) is 0 Å². The highest BCUT2D eigenvalue weighted by atomic mass is 19.1. The average molecular weight is 215 g/mol. The molecule has 15 heavy (non-hydrogen) atoms. The van der Waals surface area contributed by atoms with Gasteiger partial charge in [0.2, 0.25) is 0 Å². The molecule has 1 saturated carbocycles. The molecular formula is C12H22FNO. The van der Waals surface area contributed by atoms with Crippen LogP contribution in [0.5, 0.6) is 0 Å². The van der Waals surface area contributed by atoms with Gasteiger partial charge in [0, 0.05) is 18.6 Å². The van der Waals surface area contributed by atoms with Crippen molar-refractivity contribution in [1.29, 1.82) is 0 Å². The summed E-state index contributed by atoms with van der Waals surface area (Å²) < 4.78 is 12.8. The Balaban J connectivity index is 1.91. The highest BCUT2D eigenvalue weighted by Gasteiger charge is 2.45. The fourth-order valence-corrected chi connectivity index (χ4v) is 3.00. The van der Waals surface area contributed by atoms with Crippen molar-refractivity contribution in [3.05, 3.63) is 0 Å². The Morgan fingerprint density at radius 3 is 2.80 bits per heavy atom. The van der Waals surface area contributed by atoms with E-state index in [4.69, 9.17) is 0 Å². The number of rotatable bonds is 3. The summed E-state index contributed by atoms with van der Waals surface area (Å²) in [4.78, 5) is 2.43. The lowest BCUT2D eigenvalue weighted by Crippen LogP contribution is -2.59. The molecular weight excluding hydrogens is 193 g/mol. The monoisotopic (exact) mass is 215 g/mol. The largest absolute Gasteiger partial charge is 0.393 e. The second-order valence-electron chi connectivity index (χ2n) is 5.28. The van der Waals surface area contributed by atoms with Crippen molar-refractivity contribution in [2.75, 3.05) is 13.1 Å². The molecule has 1 saturated heterocycles. The number of hydrogen-bond acceptors (Lipinski definition) is 2. The van der Waals surface area contributed by atoms with Crippen LogP contribution in [0.25, 0.3) is 0 Å². The molecule has 2 aliphatic rings. The van der Waals surface area contributed by atoms with Gasteiger partial charge in [-0.05, 0) is 45.4 Å². The molecule has 0 aromatic heterocycles. The lowest BCUT2D eigenvalue weighted by atomic mass is 9.69. The number of piperidine rings is 1. The number of hydrogen-bond donors (Lipinski definition) is 1. The topological polar surface area (TPSA) is 23.5 Å². The van der Waals surface area contributed by atoms with E-state index >= 15 is 0 Å². The summed E-state index contributed by atoms with van der Waals surface area (Å²) in [6, 6.07) is 0. The molecule has 88 valence electrons. The van der Waals surface area contributed by atoms with Gasteiger partial charge >= 0.3 is 0 Å². The Labute approximate surface area is 91.5 Å². The zero-order valence-electron chi connectivity index (χ0n) is 9.58. The van der Waals surface area contributed by atoms with Crippen molar-refractivity contribution in [3.63, 3.8) is 0 Å². The number of aliphatic hydroxyl groups excluding tert-OH is 1. The first kappa shape index (κ1) is 11.3. The van der Waals surface area contributed by atoms with E-state index in [-0.39, 0.29) is 11.6 Å². The van der Waals surface area contributed by atoms with Crippen molar-refractivity contribution >= 4 is 0 Å². The third-order valence-electron chi connectivity index (χ3n) is 4.10. The maximum Gasteiger partial charge on any atom is 0.0985 e. The molecule has 3 heteroatoms. The van der Waals surface area contributed by atoms with Gasteiger partial charge in [-0.2, -0.15) is 0 Å². The van der Waals surface area contributed by atoms with E-state index in [1.807, 2.05) is 0 Å². The maximum absolute atomic E-state index is 12.8. The van der Waals surface area contributed by atoms with Gasteiger partial charge in [0.05, 0.1) is 12.3 Å². The van der Waals surface area contributed by atoms with Gasteiger partial charge in [-0.25, -0.2) is 4.39 Å². The molecule has 0 unspecified atom stereocenters. The van der Waals surface area contributed by atoms with Crippen LogP contribution >= 0.6 is 0 Å². The molecule has 1 aliphatic heterocycles. The zero-order chi connectivity index (χ0) is 10.9. The van der Waals surface area contributed by atoms with Crippen LogP contribution in [-0.4, -0.2) is 40.9 Å². The quantitative estimate of drug-likeness (QED) is 0.779. The first-order valence-electron chi connectivity index (χ1n) is 6.20. The number of likely N-dealkylation sites (tertiary alicyclic amines) is 1. The van der Waals surface area contributed by atoms with Gasteiger partial charge in [-0.15, -0.1) is 0 Å². The van der Waals surface area contributed by atoms with Crippen LogP contribution in [0.4, 0.5) is 4.39 Å². The molecule has 2 atom stereocenters. The maximum atomic E-state index is 12.8. The molecule has 0 radical (unpaired) electrons. The standard InChI is InChI=1S/C12H22FNO/c1-10(13)3-7-14-8-4-11(15)9-12(14)5-2-6-12/h10-11,15H,2-9H2,1H3/t10-,11-/m0/s1. The van der Waals surface area contributed by atoms with Crippen LogP contribution in [0.3, 0.4) is 0 Å². The Bertz CT molecular complexity index is 216. The minimum absolute atomic E-state index is 0.121. The molecule has 0 bridgehead atoms. The first-order chi connectivity index (χ1) is 7.12. The van der Waals surface area contributed by atoms with Gasteiger partial charge in [0.1, 0.15) is 0 Å². The van der Waals surface area contributed by atoms with Crippen LogP contribution in [0.1, 0.15) is 45.4 Å². The number of alkyl halides is 1. The molecule has 0 aromatic carbocycles. The molecule has 1 spiro atoms. The van der Waals surface area contributed by atoms with Crippen molar-refractivity contribution in [3.8, 4) is 0 Å². The molecule has 2 rings (SSSR count). The van der Waals surface area contributed by atoms with Crippen LogP contribution in [0.15, 0.2) is 0 Å². The van der Waals surface area contributed by atoms with Crippen molar-refractivity contribution in [2.24, 2.45) is 0 Å². The van der Waals surface area contributed by atoms with Gasteiger partial charge < -0.3 is 5.11 Å². The van der Waals surface area contributed by atoms with E-state index in [9.17, 15) is 9.50 Å². The Kier molecular flexibility index (Phi) is 3.31. The molecule has 1 heterocycles. The Morgan fingerprint density at radius 1 is 1.53 bits per heavy atom. The normalized spacial score (nSPS) is 32.6. The third-order valence-corrected chi connectivity index (χ3v) is 4.10. The summed E-state index contributed by atoms with van der Waals surface area (Å²) in [7, 11) is 0. The summed E-state index contributed by atoms with van der Waals surface area (Å²) in [5, 5.41) is 9.70. The second-order valence-corrected chi connectivity index (χ2v) is 5.28. The van der Waals surface area contributed by atoms with Crippen LogP contribution in [-0.2, 0) is 0 Å². The van der Waals surface area contributed by atoms with E-state index < -0.39 is 6.17 Å². The van der Waals surface area contributed by atoms with E-state index in [1.165, 1.54) is 19.3 Å². The van der Waals surface area contributed by atoms with E-state index in [2.05, 4.69) is 4.90 Å². The molecule has 1 aliphatic carbocycles. The summed E-state index contributed by atoms with van der Waals surface area (Å²) >= 11 is 0. The summed E-state index contributed by atoms with van der Waals surface area (Å²) in [6.45, 7) is 3.45. The molecule has 2 nitrogen and oxygen atoms in total. The van der Waals surface area contributed by atoms with Crippen molar-refractivity contribution in [1.82, 2.24) is 4.90 Å². The molecule has 0 amide bonds. The Hall–Kier alpha value is -0.150. The fraction of sp³-hybridized carbons (Fsp3) is 1.00. The Morgan fingerprint density at radius 2 is 2.27 bits per heavy atom. The lowest BCUT2D eigenvalue weighted by molar-refractivity contribution is -0.0674. The predicted molar refractivity (Wildman–Crippen MR) is 58.6 cm³/mol. The van der Waals surface area contributed by atoms with E-state index in [0.717, 1.165) is 25.9 Å². The van der Waals surface area contributed by atoms with Gasteiger partial charge in [0.25, 0.3) is 0 Å². The first-order valence-corrected chi connectivity index (χ1v) is 6.20. The van der Waals surface area contributed by atoms with Gasteiger partial charge in [-0.3, -0.25) is 4.90 Å². The molecule has 2 fully saturated rings. The SMILES string of the molecule is C[C@H](F)CCN1CC[C@H](O)CC12CCC2. The smallest absolute Gasteiger partial charge is 0.0985 e. The minimum Gasteiger partial charge on any atom is -0.393 e. The van der Waals surface area contributed by atoms with Gasteiger partial charge in [-0.1, -0.05) is 0 Å². The molecule has 1 N–H and O–H groups in total. The predicted octanol–water partition coefficient (Wildman–Crippen LogP) is 2.11. The highest BCUT2D eigenvalue weighted by Crippen LogP contribution is 2.44. The minimum atomic E-state index is -0.700. The van der Waals surface area contributed by atoms with E-state index in [1.54, 1.807) is 6.92 Å². The molecule has 0 aromatic rings. The third kappa shape index (κ3) is 2.34. The second kappa shape index (κ2) is 4.38. The highest BCUT2D eigenvalue weighted by molar-refractivity contribution is 5.02. The van der Waals surface area contributed by atoms with Crippen molar-refractivity contribution < 1.29 is 9.50 Å².